The third-order valence-corrected chi connectivity index (χ3v) is 6.02. The average Bonchev–Trinajstić information content (AvgIpc) is 3.23. The van der Waals surface area contributed by atoms with Gasteiger partial charge < -0.3 is 14.4 Å². The highest BCUT2D eigenvalue weighted by atomic mass is 32.2. The fourth-order valence-corrected chi connectivity index (χ4v) is 4.55. The van der Waals surface area contributed by atoms with Gasteiger partial charge in [-0.25, -0.2) is 4.79 Å². The summed E-state index contributed by atoms with van der Waals surface area (Å²) in [7, 11) is 0. The monoisotopic (exact) mass is 416 g/mol. The van der Waals surface area contributed by atoms with Crippen LogP contribution < -0.4 is 4.90 Å². The number of nitriles is 1. The Balaban J connectivity index is 1.69. The highest BCUT2D eigenvalue weighted by Crippen LogP contribution is 2.49. The van der Waals surface area contributed by atoms with Crippen molar-refractivity contribution in [2.24, 2.45) is 0 Å². The van der Waals surface area contributed by atoms with Crippen LogP contribution in [0.4, 0.5) is 11.4 Å². The van der Waals surface area contributed by atoms with E-state index < -0.39 is 5.97 Å². The maximum Gasteiger partial charge on any atom is 0.346 e. The van der Waals surface area contributed by atoms with Crippen LogP contribution in [0.15, 0.2) is 74.4 Å². The molecule has 4 rings (SSSR count). The molecule has 1 N–H and O–H groups in total. The van der Waals surface area contributed by atoms with Gasteiger partial charge in [0.05, 0.1) is 11.4 Å². The van der Waals surface area contributed by atoms with E-state index in [-0.39, 0.29) is 5.57 Å². The molecule has 5 nitrogen and oxygen atoms in total. The van der Waals surface area contributed by atoms with Crippen LogP contribution in [0, 0.1) is 11.3 Å². The number of hydrogen-bond acceptors (Lipinski definition) is 5. The van der Waals surface area contributed by atoms with E-state index in [0.717, 1.165) is 29.8 Å². The second-order valence-corrected chi connectivity index (χ2v) is 8.02. The van der Waals surface area contributed by atoms with E-state index in [1.54, 1.807) is 30.0 Å². The number of rotatable bonds is 6. The van der Waals surface area contributed by atoms with Crippen molar-refractivity contribution in [2.75, 3.05) is 11.4 Å². The fraction of sp³-hybridized carbons (Fsp3) is 0.167. The van der Waals surface area contributed by atoms with Gasteiger partial charge in [-0.3, -0.25) is 0 Å². The van der Waals surface area contributed by atoms with Gasteiger partial charge >= 0.3 is 5.97 Å². The van der Waals surface area contributed by atoms with Gasteiger partial charge in [0.2, 0.25) is 0 Å². The molecule has 150 valence electrons. The normalized spacial score (nSPS) is 12.8. The summed E-state index contributed by atoms with van der Waals surface area (Å²) in [6, 6.07) is 19.8. The molecule has 6 heteroatoms. The minimum atomic E-state index is -1.27. The molecule has 0 amide bonds. The van der Waals surface area contributed by atoms with E-state index in [9.17, 15) is 4.79 Å². The van der Waals surface area contributed by atoms with Gasteiger partial charge in [0.25, 0.3) is 0 Å². The van der Waals surface area contributed by atoms with Crippen LogP contribution in [0.1, 0.15) is 25.5 Å². The summed E-state index contributed by atoms with van der Waals surface area (Å²) >= 11 is 1.74. The number of fused-ring (bicyclic) bond motifs is 2. The number of benzene rings is 2. The number of unbranched alkanes of at least 4 members (excludes halogenated alkanes) is 1. The predicted octanol–water partition coefficient (Wildman–Crippen LogP) is 6.34. The van der Waals surface area contributed by atoms with Gasteiger partial charge in [-0.2, -0.15) is 5.26 Å². The first-order valence-corrected chi connectivity index (χ1v) is 10.6. The van der Waals surface area contributed by atoms with Crippen LogP contribution in [-0.4, -0.2) is 17.6 Å². The SMILES string of the molecule is CCCCN1c2ccccc2Sc2cc(-c3ccc(/C=C(/C#N)C(=O)O)o3)ccc21. The fourth-order valence-electron chi connectivity index (χ4n) is 3.41. The summed E-state index contributed by atoms with van der Waals surface area (Å²) in [4.78, 5) is 15.8. The molecule has 0 radical (unpaired) electrons. The lowest BCUT2D eigenvalue weighted by atomic mass is 10.1. The van der Waals surface area contributed by atoms with Gasteiger partial charge in [-0.15, -0.1) is 0 Å². The number of carbonyl (C=O) groups is 1. The number of anilines is 2. The van der Waals surface area contributed by atoms with Crippen molar-refractivity contribution in [1.29, 1.82) is 5.26 Å². The van der Waals surface area contributed by atoms with E-state index >= 15 is 0 Å². The molecular weight excluding hydrogens is 396 g/mol. The third kappa shape index (κ3) is 3.85. The second-order valence-electron chi connectivity index (χ2n) is 6.93. The Kier molecular flexibility index (Phi) is 5.64. The quantitative estimate of drug-likeness (QED) is 0.373. The van der Waals surface area contributed by atoms with Crippen LogP contribution in [0.5, 0.6) is 0 Å². The molecule has 1 aromatic heterocycles. The van der Waals surface area contributed by atoms with Crippen molar-refractivity contribution in [2.45, 2.75) is 29.6 Å². The molecule has 2 heterocycles. The van der Waals surface area contributed by atoms with E-state index in [0.29, 0.717) is 11.5 Å². The number of furan rings is 1. The molecule has 1 aliphatic heterocycles. The van der Waals surface area contributed by atoms with Crippen LogP contribution >= 0.6 is 11.8 Å². The zero-order valence-electron chi connectivity index (χ0n) is 16.5. The van der Waals surface area contributed by atoms with Gasteiger partial charge in [-0.1, -0.05) is 37.2 Å². The van der Waals surface area contributed by atoms with Crippen LogP contribution in [0.25, 0.3) is 17.4 Å². The second kappa shape index (κ2) is 8.52. The minimum absolute atomic E-state index is 0.337. The Labute approximate surface area is 179 Å². The number of carboxylic acid groups (broad SMARTS) is 1. The standard InChI is InChI=1S/C24H20N2O3S/c1-2-3-12-26-19-6-4-5-7-22(19)30-23-14-16(8-10-20(23)26)21-11-9-18(29-21)13-17(15-25)24(27)28/h4-11,13-14H,2-3,12H2,1H3,(H,27,28)/b17-13-. The molecule has 0 bridgehead atoms. The van der Waals surface area contributed by atoms with Gasteiger partial charge in [0.15, 0.2) is 0 Å². The Morgan fingerprint density at radius 1 is 1.17 bits per heavy atom. The van der Waals surface area contributed by atoms with Crippen LogP contribution in [-0.2, 0) is 4.79 Å². The molecule has 0 saturated heterocycles. The summed E-state index contributed by atoms with van der Waals surface area (Å²) < 4.78 is 5.79. The summed E-state index contributed by atoms with van der Waals surface area (Å²) in [5.41, 5.74) is 2.96. The highest BCUT2D eigenvalue weighted by Gasteiger charge is 2.23. The van der Waals surface area contributed by atoms with Crippen molar-refractivity contribution in [3.05, 3.63) is 65.9 Å². The zero-order valence-corrected chi connectivity index (χ0v) is 17.3. The summed E-state index contributed by atoms with van der Waals surface area (Å²) in [6.07, 6.45) is 3.48. The lowest BCUT2D eigenvalue weighted by Gasteiger charge is -2.33. The van der Waals surface area contributed by atoms with Crippen molar-refractivity contribution in [3.63, 3.8) is 0 Å². The van der Waals surface area contributed by atoms with Crippen LogP contribution in [0.3, 0.4) is 0 Å². The predicted molar refractivity (Wildman–Crippen MR) is 118 cm³/mol. The number of hydrogen-bond donors (Lipinski definition) is 1. The van der Waals surface area contributed by atoms with Crippen molar-refractivity contribution < 1.29 is 14.3 Å². The highest BCUT2D eigenvalue weighted by molar-refractivity contribution is 7.99. The maximum absolute atomic E-state index is 11.0. The van der Waals surface area contributed by atoms with Crippen molar-refractivity contribution in [1.82, 2.24) is 0 Å². The molecule has 3 aromatic rings. The molecule has 0 spiro atoms. The number of nitrogens with zero attached hydrogens (tertiary/aromatic N) is 2. The Morgan fingerprint density at radius 2 is 1.97 bits per heavy atom. The van der Waals surface area contributed by atoms with E-state index in [2.05, 4.69) is 48.2 Å². The van der Waals surface area contributed by atoms with Gasteiger partial charge in [0.1, 0.15) is 23.2 Å². The molecular formula is C24H20N2O3S. The largest absolute Gasteiger partial charge is 0.477 e. The lowest BCUT2D eigenvalue weighted by molar-refractivity contribution is -0.132. The zero-order chi connectivity index (χ0) is 21.1. The molecule has 0 atom stereocenters. The molecule has 0 saturated carbocycles. The summed E-state index contributed by atoms with van der Waals surface area (Å²) in [5, 5.41) is 17.9. The van der Waals surface area contributed by atoms with Crippen LogP contribution in [0.2, 0.25) is 0 Å². The summed E-state index contributed by atoms with van der Waals surface area (Å²) in [6.45, 7) is 3.15. The number of carboxylic acids is 1. The molecule has 30 heavy (non-hydrogen) atoms. The van der Waals surface area contributed by atoms with Gasteiger partial charge in [-0.05, 0) is 48.9 Å². The first-order chi connectivity index (χ1) is 14.6. The number of aliphatic carboxylic acids is 1. The topological polar surface area (TPSA) is 77.5 Å². The lowest BCUT2D eigenvalue weighted by Crippen LogP contribution is -2.21. The molecule has 1 aliphatic rings. The smallest absolute Gasteiger partial charge is 0.346 e. The average molecular weight is 417 g/mol. The Bertz CT molecular complexity index is 1170. The van der Waals surface area contributed by atoms with E-state index in [1.807, 2.05) is 6.07 Å². The number of para-hydroxylation sites is 1. The molecule has 0 fully saturated rings. The summed E-state index contributed by atoms with van der Waals surface area (Å²) in [5.74, 6) is -0.304. The molecule has 0 unspecified atom stereocenters. The third-order valence-electron chi connectivity index (χ3n) is 4.91. The van der Waals surface area contributed by atoms with Gasteiger partial charge in [0, 0.05) is 28.0 Å². The molecule has 2 aromatic carbocycles. The minimum Gasteiger partial charge on any atom is -0.477 e. The van der Waals surface area contributed by atoms with E-state index in [1.165, 1.54) is 22.3 Å². The van der Waals surface area contributed by atoms with E-state index in [4.69, 9.17) is 14.8 Å². The Hall–Kier alpha value is -3.43. The Morgan fingerprint density at radius 3 is 2.73 bits per heavy atom. The first-order valence-electron chi connectivity index (χ1n) is 9.74. The first kappa shape index (κ1) is 19.9. The van der Waals surface area contributed by atoms with Crippen molar-refractivity contribution >= 4 is 35.2 Å². The maximum atomic E-state index is 11.0. The molecule has 0 aliphatic carbocycles. The van der Waals surface area contributed by atoms with Crippen molar-refractivity contribution in [3.8, 4) is 17.4 Å².